The lowest BCUT2D eigenvalue weighted by Crippen LogP contribution is -2.10. The van der Waals surface area contributed by atoms with Crippen LogP contribution in [0, 0.1) is 11.6 Å². The average Bonchev–Trinajstić information content (AvgIpc) is 2.45. The number of carbonyl (C=O) groups is 1. The molecule has 0 spiro atoms. The van der Waals surface area contributed by atoms with Crippen molar-refractivity contribution in [3.63, 3.8) is 0 Å². The van der Waals surface area contributed by atoms with Crippen LogP contribution in [-0.4, -0.2) is 22.3 Å². The molecule has 0 aliphatic carbocycles. The highest BCUT2D eigenvalue weighted by molar-refractivity contribution is 5.66. The van der Waals surface area contributed by atoms with Crippen LogP contribution in [0.5, 0.6) is 0 Å². The summed E-state index contributed by atoms with van der Waals surface area (Å²) in [6.07, 6.45) is 6.18. The molecule has 3 nitrogen and oxygen atoms in total. The van der Waals surface area contributed by atoms with Crippen LogP contribution in [0.15, 0.2) is 18.2 Å². The second-order valence-corrected chi connectivity index (χ2v) is 5.66. The van der Waals surface area contributed by atoms with E-state index in [1.165, 1.54) is 6.07 Å². The van der Waals surface area contributed by atoms with E-state index in [2.05, 4.69) is 0 Å². The molecule has 1 unspecified atom stereocenters. The lowest BCUT2D eigenvalue weighted by atomic mass is 10.0. The Morgan fingerprint density at radius 1 is 1.00 bits per heavy atom. The van der Waals surface area contributed by atoms with Crippen molar-refractivity contribution < 1.29 is 23.8 Å². The molecule has 1 atom stereocenters. The minimum Gasteiger partial charge on any atom is -0.481 e. The van der Waals surface area contributed by atoms with Crippen molar-refractivity contribution in [2.75, 3.05) is 0 Å². The Balaban J connectivity index is 2.07. The predicted molar refractivity (Wildman–Crippen MR) is 80.6 cm³/mol. The fourth-order valence-corrected chi connectivity index (χ4v) is 2.40. The first kappa shape index (κ1) is 18.6. The maximum absolute atomic E-state index is 13.0. The molecule has 0 aliphatic rings. The van der Waals surface area contributed by atoms with Gasteiger partial charge in [-0.2, -0.15) is 0 Å². The number of halogens is 2. The molecule has 0 bridgehead atoms. The van der Waals surface area contributed by atoms with Crippen molar-refractivity contribution in [3.05, 3.63) is 35.4 Å². The summed E-state index contributed by atoms with van der Waals surface area (Å²) in [5.41, 5.74) is 0.597. The van der Waals surface area contributed by atoms with Crippen molar-refractivity contribution in [1.29, 1.82) is 0 Å². The van der Waals surface area contributed by atoms with Crippen LogP contribution in [0.4, 0.5) is 8.78 Å². The van der Waals surface area contributed by atoms with Gasteiger partial charge in [0, 0.05) is 6.42 Å². The zero-order valence-electron chi connectivity index (χ0n) is 12.7. The second-order valence-electron chi connectivity index (χ2n) is 5.66. The van der Waals surface area contributed by atoms with E-state index >= 15 is 0 Å². The summed E-state index contributed by atoms with van der Waals surface area (Å²) < 4.78 is 25.8. The van der Waals surface area contributed by atoms with E-state index in [-0.39, 0.29) is 6.42 Å². The van der Waals surface area contributed by atoms with E-state index in [0.717, 1.165) is 44.2 Å². The molecule has 0 amide bonds. The van der Waals surface area contributed by atoms with Crippen molar-refractivity contribution in [2.24, 2.45) is 0 Å². The Bertz CT molecular complexity index is 463. The van der Waals surface area contributed by atoms with Crippen LogP contribution in [0.2, 0.25) is 0 Å². The highest BCUT2D eigenvalue weighted by Gasteiger charge is 2.08. The maximum atomic E-state index is 13.0. The summed E-state index contributed by atoms with van der Waals surface area (Å²) in [5, 5.41) is 18.4. The number of aliphatic hydroxyl groups is 1. The molecular formula is C17H24F2O3. The monoisotopic (exact) mass is 314 g/mol. The SMILES string of the molecule is O=C(O)CCCCCCCCC(O)Cc1ccc(F)c(F)c1. The average molecular weight is 314 g/mol. The number of aliphatic carboxylic acids is 1. The number of hydrogen-bond donors (Lipinski definition) is 2. The van der Waals surface area contributed by atoms with E-state index in [4.69, 9.17) is 5.11 Å². The molecule has 2 N–H and O–H groups in total. The molecule has 124 valence electrons. The predicted octanol–water partition coefficient (Wildman–Crippen LogP) is 4.07. The third-order valence-corrected chi connectivity index (χ3v) is 3.63. The minimum absolute atomic E-state index is 0.229. The molecule has 0 fully saturated rings. The van der Waals surface area contributed by atoms with Gasteiger partial charge in [-0.1, -0.05) is 38.2 Å². The van der Waals surface area contributed by atoms with Crippen LogP contribution in [0.25, 0.3) is 0 Å². The molecule has 22 heavy (non-hydrogen) atoms. The summed E-state index contributed by atoms with van der Waals surface area (Å²) in [4.78, 5) is 10.3. The summed E-state index contributed by atoms with van der Waals surface area (Å²) in [6.45, 7) is 0. The molecule has 5 heteroatoms. The highest BCUT2D eigenvalue weighted by Crippen LogP contribution is 2.14. The van der Waals surface area contributed by atoms with Gasteiger partial charge in [0.15, 0.2) is 11.6 Å². The van der Waals surface area contributed by atoms with Gasteiger partial charge >= 0.3 is 5.97 Å². The minimum atomic E-state index is -0.883. The molecule has 0 saturated heterocycles. The molecule has 0 aromatic heterocycles. The first-order valence-corrected chi connectivity index (χ1v) is 7.83. The quantitative estimate of drug-likeness (QED) is 0.605. The molecule has 1 rings (SSSR count). The molecule has 0 radical (unpaired) electrons. The van der Waals surface area contributed by atoms with Crippen LogP contribution < -0.4 is 0 Å². The maximum Gasteiger partial charge on any atom is 0.303 e. The van der Waals surface area contributed by atoms with Gasteiger partial charge < -0.3 is 10.2 Å². The van der Waals surface area contributed by atoms with E-state index in [9.17, 15) is 18.7 Å². The second kappa shape index (κ2) is 10.3. The van der Waals surface area contributed by atoms with Gasteiger partial charge in [0.2, 0.25) is 0 Å². The molecule has 0 heterocycles. The Kier molecular flexibility index (Phi) is 8.67. The number of aliphatic hydroxyl groups excluding tert-OH is 1. The van der Waals surface area contributed by atoms with Gasteiger partial charge in [-0.3, -0.25) is 4.79 Å². The number of benzene rings is 1. The Labute approximate surface area is 130 Å². The van der Waals surface area contributed by atoms with Gasteiger partial charge in [0.1, 0.15) is 0 Å². The van der Waals surface area contributed by atoms with Crippen LogP contribution in [-0.2, 0) is 11.2 Å². The van der Waals surface area contributed by atoms with E-state index in [0.29, 0.717) is 24.8 Å². The number of hydrogen-bond acceptors (Lipinski definition) is 2. The van der Waals surface area contributed by atoms with Crippen LogP contribution >= 0.6 is 0 Å². The molecule has 0 aliphatic heterocycles. The fraction of sp³-hybridized carbons (Fsp3) is 0.588. The number of carboxylic acids is 1. The van der Waals surface area contributed by atoms with Crippen molar-refractivity contribution in [1.82, 2.24) is 0 Å². The Hall–Kier alpha value is -1.49. The topological polar surface area (TPSA) is 57.5 Å². The molecule has 0 saturated carbocycles. The smallest absolute Gasteiger partial charge is 0.303 e. The van der Waals surface area contributed by atoms with E-state index < -0.39 is 23.7 Å². The molecule has 1 aromatic carbocycles. The first-order chi connectivity index (χ1) is 10.5. The summed E-state index contributed by atoms with van der Waals surface area (Å²) in [7, 11) is 0. The standard InChI is InChI=1S/C17H24F2O3/c18-15-10-9-13(12-16(15)19)11-14(20)7-5-3-1-2-4-6-8-17(21)22/h9-10,12,14,20H,1-8,11H2,(H,21,22). The zero-order chi connectivity index (χ0) is 16.4. The molecule has 1 aromatic rings. The Morgan fingerprint density at radius 3 is 2.27 bits per heavy atom. The van der Waals surface area contributed by atoms with E-state index in [1.807, 2.05) is 0 Å². The summed E-state index contributed by atoms with van der Waals surface area (Å²) in [6, 6.07) is 3.69. The normalized spacial score (nSPS) is 12.3. The zero-order valence-corrected chi connectivity index (χ0v) is 12.7. The van der Waals surface area contributed by atoms with Crippen molar-refractivity contribution in [2.45, 2.75) is 63.9 Å². The van der Waals surface area contributed by atoms with Gasteiger partial charge in [0.25, 0.3) is 0 Å². The summed E-state index contributed by atoms with van der Waals surface area (Å²) >= 11 is 0. The van der Waals surface area contributed by atoms with Gasteiger partial charge in [0.05, 0.1) is 6.10 Å². The third-order valence-electron chi connectivity index (χ3n) is 3.63. The van der Waals surface area contributed by atoms with Gasteiger partial charge in [-0.25, -0.2) is 8.78 Å². The van der Waals surface area contributed by atoms with Gasteiger partial charge in [-0.05, 0) is 37.0 Å². The highest BCUT2D eigenvalue weighted by atomic mass is 19.2. The van der Waals surface area contributed by atoms with Crippen molar-refractivity contribution in [3.8, 4) is 0 Å². The van der Waals surface area contributed by atoms with Crippen LogP contribution in [0.1, 0.15) is 56.9 Å². The third kappa shape index (κ3) is 8.08. The number of carboxylic acid groups (broad SMARTS) is 1. The lowest BCUT2D eigenvalue weighted by molar-refractivity contribution is -0.137. The number of unbranched alkanes of at least 4 members (excludes halogenated alkanes) is 5. The molecular weight excluding hydrogens is 290 g/mol. The Morgan fingerprint density at radius 2 is 1.64 bits per heavy atom. The largest absolute Gasteiger partial charge is 0.481 e. The van der Waals surface area contributed by atoms with Gasteiger partial charge in [-0.15, -0.1) is 0 Å². The van der Waals surface area contributed by atoms with Crippen LogP contribution in [0.3, 0.4) is 0 Å². The number of rotatable bonds is 11. The fourth-order valence-electron chi connectivity index (χ4n) is 2.40. The van der Waals surface area contributed by atoms with E-state index in [1.54, 1.807) is 0 Å². The van der Waals surface area contributed by atoms with Crippen molar-refractivity contribution >= 4 is 5.97 Å². The summed E-state index contributed by atoms with van der Waals surface area (Å²) in [5.74, 6) is -2.51. The lowest BCUT2D eigenvalue weighted by Gasteiger charge is -2.10. The first-order valence-electron chi connectivity index (χ1n) is 7.83.